The Labute approximate surface area is 110 Å². The van der Waals surface area contributed by atoms with Crippen LogP contribution in [-0.2, 0) is 10.0 Å². The SMILES string of the molecule is O=C(NS(=O)(=O)C(F)(F)F)c1ccc(Cl)c(Cl)c1. The van der Waals surface area contributed by atoms with E-state index in [9.17, 15) is 26.4 Å². The largest absolute Gasteiger partial charge is 0.516 e. The molecule has 0 aliphatic carbocycles. The summed E-state index contributed by atoms with van der Waals surface area (Å²) in [4.78, 5) is 11.3. The average molecular weight is 322 g/mol. The molecule has 0 fully saturated rings. The van der Waals surface area contributed by atoms with Crippen molar-refractivity contribution in [3.05, 3.63) is 33.8 Å². The van der Waals surface area contributed by atoms with Crippen molar-refractivity contribution in [2.45, 2.75) is 5.51 Å². The average Bonchev–Trinajstić information content (AvgIpc) is 2.19. The third-order valence-electron chi connectivity index (χ3n) is 1.71. The smallest absolute Gasteiger partial charge is 0.268 e. The molecule has 0 aromatic heterocycles. The fourth-order valence-electron chi connectivity index (χ4n) is 0.876. The van der Waals surface area contributed by atoms with Crippen LogP contribution in [0.1, 0.15) is 10.4 Å². The fourth-order valence-corrected chi connectivity index (χ4v) is 1.65. The highest BCUT2D eigenvalue weighted by Gasteiger charge is 2.47. The van der Waals surface area contributed by atoms with Crippen molar-refractivity contribution in [2.75, 3.05) is 0 Å². The number of benzene rings is 1. The lowest BCUT2D eigenvalue weighted by Crippen LogP contribution is -2.40. The molecular weight excluding hydrogens is 318 g/mol. The normalized spacial score (nSPS) is 12.3. The fraction of sp³-hybridized carbons (Fsp3) is 0.125. The van der Waals surface area contributed by atoms with Gasteiger partial charge in [-0.2, -0.15) is 21.6 Å². The van der Waals surface area contributed by atoms with Gasteiger partial charge in [0.2, 0.25) is 0 Å². The summed E-state index contributed by atoms with van der Waals surface area (Å²) in [6, 6.07) is 3.14. The zero-order valence-electron chi connectivity index (χ0n) is 8.25. The summed E-state index contributed by atoms with van der Waals surface area (Å²) in [5.74, 6) is -1.45. The van der Waals surface area contributed by atoms with Crippen molar-refractivity contribution in [1.82, 2.24) is 4.72 Å². The van der Waals surface area contributed by atoms with Gasteiger partial charge in [0.15, 0.2) is 0 Å². The van der Waals surface area contributed by atoms with Crippen LogP contribution in [0.15, 0.2) is 18.2 Å². The molecule has 0 saturated heterocycles. The number of carbonyl (C=O) groups is 1. The summed E-state index contributed by atoms with van der Waals surface area (Å²) in [5, 5.41) is -0.0133. The maximum absolute atomic E-state index is 12.0. The van der Waals surface area contributed by atoms with Crippen LogP contribution in [0.5, 0.6) is 0 Å². The molecule has 0 radical (unpaired) electrons. The van der Waals surface area contributed by atoms with Crippen LogP contribution in [0.3, 0.4) is 0 Å². The van der Waals surface area contributed by atoms with Crippen LogP contribution in [0, 0.1) is 0 Å². The monoisotopic (exact) mass is 321 g/mol. The molecule has 0 spiro atoms. The number of halogens is 5. The summed E-state index contributed by atoms with van der Waals surface area (Å²) in [5.41, 5.74) is -5.93. The van der Waals surface area contributed by atoms with Gasteiger partial charge in [-0.25, -0.2) is 4.72 Å². The van der Waals surface area contributed by atoms with Crippen LogP contribution < -0.4 is 4.72 Å². The van der Waals surface area contributed by atoms with Gasteiger partial charge >= 0.3 is 15.5 Å². The van der Waals surface area contributed by atoms with Crippen molar-refractivity contribution in [3.8, 4) is 0 Å². The number of rotatable bonds is 2. The Hall–Kier alpha value is -0.990. The molecule has 1 amide bonds. The molecule has 1 rings (SSSR count). The minimum Gasteiger partial charge on any atom is -0.268 e. The third kappa shape index (κ3) is 3.27. The van der Waals surface area contributed by atoms with E-state index >= 15 is 0 Å². The molecule has 100 valence electrons. The maximum Gasteiger partial charge on any atom is 0.516 e. The maximum atomic E-state index is 12.0. The number of carbonyl (C=O) groups excluding carboxylic acids is 1. The molecule has 0 aliphatic rings. The minimum atomic E-state index is -5.74. The van der Waals surface area contributed by atoms with E-state index in [2.05, 4.69) is 0 Å². The molecule has 0 heterocycles. The number of hydrogen-bond donors (Lipinski definition) is 1. The molecule has 18 heavy (non-hydrogen) atoms. The highest BCUT2D eigenvalue weighted by molar-refractivity contribution is 7.90. The van der Waals surface area contributed by atoms with Crippen LogP contribution >= 0.6 is 23.2 Å². The van der Waals surface area contributed by atoms with Gasteiger partial charge in [0.1, 0.15) is 0 Å². The second-order valence-corrected chi connectivity index (χ2v) is 5.50. The van der Waals surface area contributed by atoms with E-state index in [-0.39, 0.29) is 15.6 Å². The lowest BCUT2D eigenvalue weighted by atomic mass is 10.2. The highest BCUT2D eigenvalue weighted by Crippen LogP contribution is 2.24. The van der Waals surface area contributed by atoms with Crippen molar-refractivity contribution >= 4 is 39.1 Å². The van der Waals surface area contributed by atoms with Gasteiger partial charge < -0.3 is 0 Å². The topological polar surface area (TPSA) is 63.2 Å². The van der Waals surface area contributed by atoms with Gasteiger partial charge in [-0.3, -0.25) is 4.79 Å². The summed E-state index contributed by atoms with van der Waals surface area (Å²) < 4.78 is 58.2. The second kappa shape index (κ2) is 4.94. The first kappa shape index (κ1) is 15.1. The Morgan fingerprint density at radius 2 is 1.72 bits per heavy atom. The van der Waals surface area contributed by atoms with Gasteiger partial charge in [-0.1, -0.05) is 23.2 Å². The van der Waals surface area contributed by atoms with Crippen LogP contribution in [0.4, 0.5) is 13.2 Å². The van der Waals surface area contributed by atoms with Crippen LogP contribution in [-0.4, -0.2) is 19.8 Å². The van der Waals surface area contributed by atoms with Crippen LogP contribution in [0.2, 0.25) is 10.0 Å². The number of alkyl halides is 3. The Morgan fingerprint density at radius 3 is 2.17 bits per heavy atom. The molecule has 1 aromatic carbocycles. The van der Waals surface area contributed by atoms with Gasteiger partial charge in [0, 0.05) is 5.56 Å². The van der Waals surface area contributed by atoms with Crippen molar-refractivity contribution < 1.29 is 26.4 Å². The van der Waals surface area contributed by atoms with Crippen molar-refractivity contribution in [2.24, 2.45) is 0 Å². The molecule has 1 N–H and O–H groups in total. The summed E-state index contributed by atoms with van der Waals surface area (Å²) in [6.07, 6.45) is 0. The van der Waals surface area contributed by atoms with Gasteiger partial charge in [-0.05, 0) is 18.2 Å². The summed E-state index contributed by atoms with van der Waals surface area (Å²) >= 11 is 11.1. The van der Waals surface area contributed by atoms with E-state index in [1.807, 2.05) is 0 Å². The summed E-state index contributed by atoms with van der Waals surface area (Å²) in [6.45, 7) is 0. The predicted molar refractivity (Wildman–Crippen MR) is 58.9 cm³/mol. The second-order valence-electron chi connectivity index (χ2n) is 3.01. The molecular formula is C8H4Cl2F3NO3S. The van der Waals surface area contributed by atoms with E-state index in [0.717, 1.165) is 22.9 Å². The first-order chi connectivity index (χ1) is 8.04. The van der Waals surface area contributed by atoms with E-state index in [4.69, 9.17) is 23.2 Å². The molecule has 4 nitrogen and oxygen atoms in total. The number of hydrogen-bond acceptors (Lipinski definition) is 3. The van der Waals surface area contributed by atoms with E-state index in [1.54, 1.807) is 0 Å². The number of nitrogens with one attached hydrogen (secondary N) is 1. The predicted octanol–water partition coefficient (Wildman–Crippen LogP) is 2.57. The number of amides is 1. The van der Waals surface area contributed by atoms with E-state index in [0.29, 0.717) is 0 Å². The van der Waals surface area contributed by atoms with Gasteiger partial charge in [0.25, 0.3) is 5.91 Å². The first-order valence-electron chi connectivity index (χ1n) is 4.13. The Balaban J connectivity index is 3.00. The molecule has 0 saturated carbocycles. The first-order valence-corrected chi connectivity index (χ1v) is 6.37. The minimum absolute atomic E-state index is 0.0758. The zero-order chi connectivity index (χ0) is 14.1. The van der Waals surface area contributed by atoms with Crippen molar-refractivity contribution in [1.29, 1.82) is 0 Å². The van der Waals surface area contributed by atoms with Gasteiger partial charge in [0.05, 0.1) is 10.0 Å². The third-order valence-corrected chi connectivity index (χ3v) is 3.52. The molecule has 1 aromatic rings. The lowest BCUT2D eigenvalue weighted by molar-refractivity contribution is -0.0446. The van der Waals surface area contributed by atoms with E-state index in [1.165, 1.54) is 0 Å². The molecule has 0 unspecified atom stereocenters. The van der Waals surface area contributed by atoms with E-state index < -0.39 is 21.4 Å². The molecule has 0 aliphatic heterocycles. The molecule has 0 bridgehead atoms. The standard InChI is InChI=1S/C8H4Cl2F3NO3S/c9-5-2-1-4(3-6(5)10)7(15)14-18(16,17)8(11,12)13/h1-3H,(H,14,15). The lowest BCUT2D eigenvalue weighted by Gasteiger charge is -2.09. The molecule has 0 atom stereocenters. The zero-order valence-corrected chi connectivity index (χ0v) is 10.6. The Bertz CT molecular complexity index is 586. The Kier molecular flexibility index (Phi) is 4.14. The molecule has 10 heteroatoms. The summed E-state index contributed by atoms with van der Waals surface area (Å²) in [7, 11) is -5.74. The van der Waals surface area contributed by atoms with Gasteiger partial charge in [-0.15, -0.1) is 0 Å². The number of sulfonamides is 1. The highest BCUT2D eigenvalue weighted by atomic mass is 35.5. The van der Waals surface area contributed by atoms with Crippen molar-refractivity contribution in [3.63, 3.8) is 0 Å². The Morgan fingerprint density at radius 1 is 1.17 bits per heavy atom. The van der Waals surface area contributed by atoms with Crippen LogP contribution in [0.25, 0.3) is 0 Å². The quantitative estimate of drug-likeness (QED) is 0.910.